The van der Waals surface area contributed by atoms with E-state index < -0.39 is 10.3 Å². The fourth-order valence-electron chi connectivity index (χ4n) is 3.02. The lowest BCUT2D eigenvalue weighted by Gasteiger charge is -2.13. The number of hydrogen-bond donors (Lipinski definition) is 1. The molecule has 0 saturated carbocycles. The van der Waals surface area contributed by atoms with Gasteiger partial charge in [-0.2, -0.15) is 0 Å². The first-order chi connectivity index (χ1) is 12.0. The average Bonchev–Trinajstić information content (AvgIpc) is 2.59. The molecule has 1 N–H and O–H groups in total. The van der Waals surface area contributed by atoms with Gasteiger partial charge in [0.25, 0.3) is 0 Å². The van der Waals surface area contributed by atoms with Crippen molar-refractivity contribution in [3.63, 3.8) is 0 Å². The summed E-state index contributed by atoms with van der Waals surface area (Å²) in [4.78, 5) is 10.8. The number of benzene rings is 1. The van der Waals surface area contributed by atoms with E-state index in [1.807, 2.05) is 0 Å². The van der Waals surface area contributed by atoms with Gasteiger partial charge in [-0.05, 0) is 31.2 Å². The predicted octanol–water partition coefficient (Wildman–Crippen LogP) is 7.17. The van der Waals surface area contributed by atoms with Gasteiger partial charge in [-0.15, -0.1) is 0 Å². The molecule has 2 nitrogen and oxygen atoms in total. The lowest BCUT2D eigenvalue weighted by Crippen LogP contribution is -2.25. The first-order valence-corrected chi connectivity index (χ1v) is 10.4. The Balaban J connectivity index is 1.81. The summed E-state index contributed by atoms with van der Waals surface area (Å²) in [5.41, 5.74) is 1.45. The van der Waals surface area contributed by atoms with Gasteiger partial charge in [-0.3, -0.25) is 0 Å². The number of aryl methyl sites for hydroxylation is 1. The molecule has 0 aromatic heterocycles. The zero-order valence-electron chi connectivity index (χ0n) is 15.2. The third-order valence-electron chi connectivity index (χ3n) is 4.61. The average molecular weight is 387 g/mol. The van der Waals surface area contributed by atoms with Crippen molar-refractivity contribution in [2.45, 2.75) is 87.8 Å². The first kappa shape index (κ1) is 22.3. The molecule has 0 fully saturated rings. The molecule has 4 heteroatoms. The van der Waals surface area contributed by atoms with Crippen LogP contribution in [0.2, 0.25) is 0 Å². The minimum absolute atomic E-state index is 0.328. The van der Waals surface area contributed by atoms with Gasteiger partial charge in [0, 0.05) is 0 Å². The zero-order chi connectivity index (χ0) is 18.4. The van der Waals surface area contributed by atoms with Gasteiger partial charge in [0.15, 0.2) is 0 Å². The maximum atomic E-state index is 10.8. The van der Waals surface area contributed by atoms with Gasteiger partial charge >= 0.3 is 5.97 Å². The standard InChI is InChI=1S/C21H32Cl2O2/c22-21(23,20(24)25)18-14-9-7-5-3-1-2-4-6-8-11-15-19-16-12-10-13-17-19/h10,12-13,16-17H,1-9,11,14-15,18H2,(H,24,25). The number of unbranched alkanes of at least 4 members (excludes halogenated alkanes) is 10. The number of carboxylic acid groups (broad SMARTS) is 1. The number of carbonyl (C=O) groups is 1. The van der Waals surface area contributed by atoms with Crippen LogP contribution >= 0.6 is 23.2 Å². The summed E-state index contributed by atoms with van der Waals surface area (Å²) >= 11 is 11.4. The summed E-state index contributed by atoms with van der Waals surface area (Å²) in [5.74, 6) is -1.14. The molecule has 0 atom stereocenters. The second-order valence-electron chi connectivity index (χ2n) is 6.88. The van der Waals surface area contributed by atoms with E-state index in [1.165, 1.54) is 63.4 Å². The lowest BCUT2D eigenvalue weighted by atomic mass is 10.0. The van der Waals surface area contributed by atoms with E-state index in [0.717, 1.165) is 19.3 Å². The molecule has 0 bridgehead atoms. The molecule has 1 aromatic carbocycles. The van der Waals surface area contributed by atoms with Gasteiger partial charge in [0.05, 0.1) is 0 Å². The molecule has 0 amide bonds. The number of hydrogen-bond acceptors (Lipinski definition) is 1. The fraction of sp³-hybridized carbons (Fsp3) is 0.667. The highest BCUT2D eigenvalue weighted by Crippen LogP contribution is 2.28. The molecule has 0 aliphatic carbocycles. The van der Waals surface area contributed by atoms with Crippen molar-refractivity contribution in [3.05, 3.63) is 35.9 Å². The van der Waals surface area contributed by atoms with Crippen LogP contribution in [0.15, 0.2) is 30.3 Å². The highest BCUT2D eigenvalue weighted by atomic mass is 35.5. The van der Waals surface area contributed by atoms with Crippen LogP contribution < -0.4 is 0 Å². The smallest absolute Gasteiger partial charge is 0.340 e. The Bertz CT molecular complexity index is 460. The van der Waals surface area contributed by atoms with Crippen molar-refractivity contribution in [1.29, 1.82) is 0 Å². The van der Waals surface area contributed by atoms with Crippen molar-refractivity contribution < 1.29 is 9.90 Å². The topological polar surface area (TPSA) is 37.3 Å². The number of rotatable bonds is 15. The van der Waals surface area contributed by atoms with Crippen molar-refractivity contribution in [2.24, 2.45) is 0 Å². The Labute approximate surface area is 162 Å². The third kappa shape index (κ3) is 11.5. The van der Waals surface area contributed by atoms with E-state index >= 15 is 0 Å². The molecule has 0 aliphatic heterocycles. The van der Waals surface area contributed by atoms with E-state index in [2.05, 4.69) is 30.3 Å². The van der Waals surface area contributed by atoms with Crippen LogP contribution in [-0.2, 0) is 11.2 Å². The number of carboxylic acids is 1. The van der Waals surface area contributed by atoms with Crippen molar-refractivity contribution >= 4 is 29.2 Å². The summed E-state index contributed by atoms with van der Waals surface area (Å²) in [5, 5.41) is 8.81. The van der Waals surface area contributed by atoms with Crippen LogP contribution in [0.3, 0.4) is 0 Å². The Morgan fingerprint density at radius 1 is 0.760 bits per heavy atom. The summed E-state index contributed by atoms with van der Waals surface area (Å²) in [6, 6.07) is 10.7. The van der Waals surface area contributed by atoms with E-state index in [-0.39, 0.29) is 0 Å². The SMILES string of the molecule is O=C(O)C(Cl)(Cl)CCCCCCCCCCCCCc1ccccc1. The molecule has 142 valence electrons. The highest BCUT2D eigenvalue weighted by molar-refractivity contribution is 6.57. The normalized spacial score (nSPS) is 11.6. The maximum absolute atomic E-state index is 10.8. The minimum Gasteiger partial charge on any atom is -0.479 e. The second-order valence-corrected chi connectivity index (χ2v) is 8.37. The van der Waals surface area contributed by atoms with Crippen LogP contribution in [0.5, 0.6) is 0 Å². The van der Waals surface area contributed by atoms with Crippen molar-refractivity contribution in [3.8, 4) is 0 Å². The van der Waals surface area contributed by atoms with Crippen LogP contribution in [0.1, 0.15) is 82.6 Å². The first-order valence-electron chi connectivity index (χ1n) is 9.67. The van der Waals surface area contributed by atoms with Crippen molar-refractivity contribution in [1.82, 2.24) is 0 Å². The van der Waals surface area contributed by atoms with Gasteiger partial charge < -0.3 is 5.11 Å². The molecule has 25 heavy (non-hydrogen) atoms. The molecule has 0 radical (unpaired) electrons. The lowest BCUT2D eigenvalue weighted by molar-refractivity contribution is -0.138. The van der Waals surface area contributed by atoms with Gasteiger partial charge in [0.2, 0.25) is 4.33 Å². The largest absolute Gasteiger partial charge is 0.479 e. The van der Waals surface area contributed by atoms with E-state index in [4.69, 9.17) is 28.3 Å². The Morgan fingerprint density at radius 2 is 1.20 bits per heavy atom. The quantitative estimate of drug-likeness (QED) is 0.256. The Kier molecular flexibility index (Phi) is 12.0. The highest BCUT2D eigenvalue weighted by Gasteiger charge is 2.32. The third-order valence-corrected chi connectivity index (χ3v) is 5.31. The van der Waals surface area contributed by atoms with Crippen LogP contribution in [0, 0.1) is 0 Å². The van der Waals surface area contributed by atoms with Crippen LogP contribution in [0.25, 0.3) is 0 Å². The molecular weight excluding hydrogens is 355 g/mol. The number of alkyl halides is 2. The summed E-state index contributed by atoms with van der Waals surface area (Å²) in [6.07, 6.45) is 14.9. The summed E-state index contributed by atoms with van der Waals surface area (Å²) in [7, 11) is 0. The molecule has 1 rings (SSSR count). The fourth-order valence-corrected chi connectivity index (χ4v) is 3.29. The molecule has 0 heterocycles. The van der Waals surface area contributed by atoms with Crippen molar-refractivity contribution in [2.75, 3.05) is 0 Å². The Hall–Kier alpha value is -0.730. The molecule has 0 saturated heterocycles. The van der Waals surface area contributed by atoms with E-state index in [1.54, 1.807) is 0 Å². The van der Waals surface area contributed by atoms with Gasteiger partial charge in [-0.25, -0.2) is 4.79 Å². The molecule has 0 spiro atoms. The second kappa shape index (κ2) is 13.5. The van der Waals surface area contributed by atoms with E-state index in [9.17, 15) is 4.79 Å². The van der Waals surface area contributed by atoms with Crippen LogP contribution in [-0.4, -0.2) is 15.4 Å². The molecule has 0 aliphatic rings. The monoisotopic (exact) mass is 386 g/mol. The predicted molar refractivity (Wildman–Crippen MR) is 108 cm³/mol. The van der Waals surface area contributed by atoms with Gasteiger partial charge in [0.1, 0.15) is 0 Å². The van der Waals surface area contributed by atoms with Gasteiger partial charge in [-0.1, -0.05) is 111 Å². The van der Waals surface area contributed by atoms with Crippen LogP contribution in [0.4, 0.5) is 0 Å². The summed E-state index contributed by atoms with van der Waals surface area (Å²) < 4.78 is -1.61. The minimum atomic E-state index is -1.61. The Morgan fingerprint density at radius 3 is 1.68 bits per heavy atom. The number of aliphatic carboxylic acids is 1. The molecule has 0 unspecified atom stereocenters. The maximum Gasteiger partial charge on any atom is 0.340 e. The van der Waals surface area contributed by atoms with E-state index in [0.29, 0.717) is 6.42 Å². The molecule has 1 aromatic rings. The number of halogens is 2. The molecular formula is C21H32Cl2O2. The summed E-state index contributed by atoms with van der Waals surface area (Å²) in [6.45, 7) is 0. The zero-order valence-corrected chi connectivity index (χ0v) is 16.7.